The smallest absolute Gasteiger partial charge is 0.347 e. The Morgan fingerprint density at radius 2 is 2.00 bits per heavy atom. The number of aromatic nitrogens is 3. The second-order valence-corrected chi connectivity index (χ2v) is 4.81. The second kappa shape index (κ2) is 4.58. The standard InChI is InChI=1S/C11H11N3O2S/c1-6(2)8-9(13-4-3-12-8)10-14-5-7(17-10)11(15)16/h3-6H,1-2H3,(H,15,16). The molecule has 0 saturated carbocycles. The number of carboxylic acids is 1. The van der Waals surface area contributed by atoms with Crippen molar-refractivity contribution < 1.29 is 9.90 Å². The summed E-state index contributed by atoms with van der Waals surface area (Å²) in [6, 6.07) is 0. The van der Waals surface area contributed by atoms with E-state index in [2.05, 4.69) is 15.0 Å². The van der Waals surface area contributed by atoms with E-state index in [-0.39, 0.29) is 10.8 Å². The van der Waals surface area contributed by atoms with Crippen molar-refractivity contribution >= 4 is 17.3 Å². The molecule has 5 nitrogen and oxygen atoms in total. The van der Waals surface area contributed by atoms with Gasteiger partial charge in [-0.15, -0.1) is 11.3 Å². The summed E-state index contributed by atoms with van der Waals surface area (Å²) in [7, 11) is 0. The molecule has 0 aliphatic carbocycles. The predicted octanol–water partition coefficient (Wildman–Crippen LogP) is 2.42. The SMILES string of the molecule is CC(C)c1nccnc1-c1ncc(C(=O)O)s1. The van der Waals surface area contributed by atoms with Crippen LogP contribution in [-0.2, 0) is 0 Å². The topological polar surface area (TPSA) is 76.0 Å². The third-order valence-corrected chi connectivity index (χ3v) is 3.18. The summed E-state index contributed by atoms with van der Waals surface area (Å²) in [6.07, 6.45) is 4.56. The van der Waals surface area contributed by atoms with Gasteiger partial charge in [-0.3, -0.25) is 9.97 Å². The van der Waals surface area contributed by atoms with E-state index >= 15 is 0 Å². The highest BCUT2D eigenvalue weighted by Gasteiger charge is 2.16. The molecule has 2 rings (SSSR count). The van der Waals surface area contributed by atoms with Crippen LogP contribution in [0.25, 0.3) is 10.7 Å². The van der Waals surface area contributed by atoms with E-state index < -0.39 is 5.97 Å². The zero-order valence-corrected chi connectivity index (χ0v) is 10.2. The molecule has 0 fully saturated rings. The average Bonchev–Trinajstić information content (AvgIpc) is 2.78. The summed E-state index contributed by atoms with van der Waals surface area (Å²) < 4.78 is 0. The first-order valence-corrected chi connectivity index (χ1v) is 5.91. The third-order valence-electron chi connectivity index (χ3n) is 2.19. The number of aromatic carboxylic acids is 1. The fraction of sp³-hybridized carbons (Fsp3) is 0.273. The summed E-state index contributed by atoms with van der Waals surface area (Å²) in [4.78, 5) is 23.6. The van der Waals surface area contributed by atoms with Gasteiger partial charge in [0, 0.05) is 12.4 Å². The molecule has 2 aromatic rings. The van der Waals surface area contributed by atoms with Crippen LogP contribution in [0.2, 0.25) is 0 Å². The normalized spacial score (nSPS) is 10.8. The molecule has 0 amide bonds. The fourth-order valence-corrected chi connectivity index (χ4v) is 2.18. The lowest BCUT2D eigenvalue weighted by Crippen LogP contribution is -1.98. The summed E-state index contributed by atoms with van der Waals surface area (Å²) in [6.45, 7) is 4.03. The third kappa shape index (κ3) is 2.31. The molecular formula is C11H11N3O2S. The van der Waals surface area contributed by atoms with Crippen LogP contribution < -0.4 is 0 Å². The van der Waals surface area contributed by atoms with E-state index in [1.807, 2.05) is 13.8 Å². The maximum Gasteiger partial charge on any atom is 0.347 e. The minimum atomic E-state index is -0.969. The van der Waals surface area contributed by atoms with Crippen LogP contribution >= 0.6 is 11.3 Å². The van der Waals surface area contributed by atoms with Crippen molar-refractivity contribution in [2.45, 2.75) is 19.8 Å². The van der Waals surface area contributed by atoms with Crippen LogP contribution in [-0.4, -0.2) is 26.0 Å². The summed E-state index contributed by atoms with van der Waals surface area (Å²) >= 11 is 1.11. The van der Waals surface area contributed by atoms with Crippen LogP contribution in [0.15, 0.2) is 18.6 Å². The molecule has 1 N–H and O–H groups in total. The Bertz CT molecular complexity index is 551. The van der Waals surface area contributed by atoms with Crippen molar-refractivity contribution in [2.24, 2.45) is 0 Å². The van der Waals surface area contributed by atoms with Gasteiger partial charge in [-0.1, -0.05) is 13.8 Å². The highest BCUT2D eigenvalue weighted by molar-refractivity contribution is 7.16. The monoisotopic (exact) mass is 249 g/mol. The van der Waals surface area contributed by atoms with Gasteiger partial charge < -0.3 is 5.11 Å². The summed E-state index contributed by atoms with van der Waals surface area (Å²) in [5, 5.41) is 9.45. The maximum absolute atomic E-state index is 10.8. The molecule has 0 unspecified atom stereocenters. The molecule has 2 heterocycles. The van der Waals surface area contributed by atoms with Gasteiger partial charge in [-0.25, -0.2) is 9.78 Å². The Morgan fingerprint density at radius 3 is 2.59 bits per heavy atom. The van der Waals surface area contributed by atoms with Crippen LogP contribution in [0, 0.1) is 0 Å². The van der Waals surface area contributed by atoms with E-state index in [1.165, 1.54) is 6.20 Å². The molecule has 0 saturated heterocycles. The number of thiazole rings is 1. The van der Waals surface area contributed by atoms with Crippen molar-refractivity contribution in [2.75, 3.05) is 0 Å². The lowest BCUT2D eigenvalue weighted by molar-refractivity contribution is 0.0702. The minimum Gasteiger partial charge on any atom is -0.477 e. The van der Waals surface area contributed by atoms with Gasteiger partial charge in [0.05, 0.1) is 11.9 Å². The van der Waals surface area contributed by atoms with Crippen molar-refractivity contribution in [1.82, 2.24) is 15.0 Å². The van der Waals surface area contributed by atoms with E-state index in [9.17, 15) is 4.79 Å². The highest BCUT2D eigenvalue weighted by atomic mass is 32.1. The zero-order valence-electron chi connectivity index (χ0n) is 9.41. The van der Waals surface area contributed by atoms with Crippen molar-refractivity contribution in [3.05, 3.63) is 29.2 Å². The lowest BCUT2D eigenvalue weighted by atomic mass is 10.1. The molecule has 0 atom stereocenters. The fourth-order valence-electron chi connectivity index (χ4n) is 1.42. The quantitative estimate of drug-likeness (QED) is 0.904. The second-order valence-electron chi connectivity index (χ2n) is 3.78. The number of rotatable bonds is 3. The average molecular weight is 249 g/mol. The van der Waals surface area contributed by atoms with Crippen LogP contribution in [0.4, 0.5) is 0 Å². The van der Waals surface area contributed by atoms with Gasteiger partial charge in [0.2, 0.25) is 0 Å². The molecule has 0 bridgehead atoms. The number of hydrogen-bond donors (Lipinski definition) is 1. The molecule has 0 spiro atoms. The van der Waals surface area contributed by atoms with Crippen molar-refractivity contribution in [1.29, 1.82) is 0 Å². The molecule has 0 aliphatic heterocycles. The van der Waals surface area contributed by atoms with Crippen LogP contribution in [0.3, 0.4) is 0 Å². The van der Waals surface area contributed by atoms with E-state index in [1.54, 1.807) is 12.4 Å². The Kier molecular flexibility index (Phi) is 3.14. The van der Waals surface area contributed by atoms with E-state index in [4.69, 9.17) is 5.11 Å². The molecule has 0 radical (unpaired) electrons. The number of carbonyl (C=O) groups is 1. The Balaban J connectivity index is 2.48. The molecule has 0 aliphatic rings. The molecule has 17 heavy (non-hydrogen) atoms. The highest BCUT2D eigenvalue weighted by Crippen LogP contribution is 2.28. The van der Waals surface area contributed by atoms with Gasteiger partial charge in [-0.2, -0.15) is 0 Å². The van der Waals surface area contributed by atoms with Crippen LogP contribution in [0.5, 0.6) is 0 Å². The van der Waals surface area contributed by atoms with Gasteiger partial charge in [0.25, 0.3) is 0 Å². The van der Waals surface area contributed by atoms with Crippen LogP contribution in [0.1, 0.15) is 35.1 Å². The first-order chi connectivity index (χ1) is 8.09. The molecule has 88 valence electrons. The maximum atomic E-state index is 10.8. The molecule has 6 heteroatoms. The molecular weight excluding hydrogens is 238 g/mol. The van der Waals surface area contributed by atoms with E-state index in [0.29, 0.717) is 10.7 Å². The van der Waals surface area contributed by atoms with E-state index in [0.717, 1.165) is 17.0 Å². The minimum absolute atomic E-state index is 0.209. The first kappa shape index (κ1) is 11.7. The molecule has 2 aromatic heterocycles. The number of carboxylic acid groups (broad SMARTS) is 1. The summed E-state index contributed by atoms with van der Waals surface area (Å²) in [5.41, 5.74) is 1.50. The van der Waals surface area contributed by atoms with Crippen molar-refractivity contribution in [3.8, 4) is 10.7 Å². The Hall–Kier alpha value is -1.82. The van der Waals surface area contributed by atoms with Crippen molar-refractivity contribution in [3.63, 3.8) is 0 Å². The Labute approximate surface area is 102 Å². The molecule has 0 aromatic carbocycles. The number of hydrogen-bond acceptors (Lipinski definition) is 5. The van der Waals surface area contributed by atoms with Gasteiger partial charge in [-0.05, 0) is 5.92 Å². The predicted molar refractivity (Wildman–Crippen MR) is 64.2 cm³/mol. The van der Waals surface area contributed by atoms with Gasteiger partial charge in [0.1, 0.15) is 15.6 Å². The lowest BCUT2D eigenvalue weighted by Gasteiger charge is -2.07. The largest absolute Gasteiger partial charge is 0.477 e. The Morgan fingerprint density at radius 1 is 1.29 bits per heavy atom. The first-order valence-electron chi connectivity index (χ1n) is 5.10. The number of nitrogens with zero attached hydrogens (tertiary/aromatic N) is 3. The summed E-state index contributed by atoms with van der Waals surface area (Å²) in [5.74, 6) is -0.750. The van der Waals surface area contributed by atoms with Gasteiger partial charge >= 0.3 is 5.97 Å². The zero-order chi connectivity index (χ0) is 12.4. The van der Waals surface area contributed by atoms with Gasteiger partial charge in [0.15, 0.2) is 0 Å².